The number of nitrogens with one attached hydrogen (secondary N) is 1. The van der Waals surface area contributed by atoms with Crippen LogP contribution in [0.2, 0.25) is 0 Å². The van der Waals surface area contributed by atoms with Crippen LogP contribution >= 0.6 is 0 Å². The summed E-state index contributed by atoms with van der Waals surface area (Å²) in [5, 5.41) is 0. The van der Waals surface area contributed by atoms with Gasteiger partial charge in [0.25, 0.3) is 10.0 Å². The van der Waals surface area contributed by atoms with Gasteiger partial charge in [-0.05, 0) is 73.2 Å². The van der Waals surface area contributed by atoms with Crippen LogP contribution in [0.3, 0.4) is 0 Å². The number of fused-ring (bicyclic) bond motifs is 1. The molecule has 0 aliphatic heterocycles. The molecule has 2 aromatic rings. The van der Waals surface area contributed by atoms with Gasteiger partial charge in [0.2, 0.25) is 0 Å². The highest BCUT2D eigenvalue weighted by Gasteiger charge is 2.30. The number of rotatable bonds is 4. The van der Waals surface area contributed by atoms with E-state index in [1.54, 1.807) is 13.2 Å². The zero-order valence-corrected chi connectivity index (χ0v) is 14.9. The summed E-state index contributed by atoms with van der Waals surface area (Å²) in [6.45, 7) is 0. The molecule has 0 radical (unpaired) electrons. The highest BCUT2D eigenvalue weighted by Crippen LogP contribution is 2.35. The molecule has 0 bridgehead atoms. The Kier molecular flexibility index (Phi) is 4.88. The number of halogens is 3. The van der Waals surface area contributed by atoms with Gasteiger partial charge >= 0.3 is 6.18 Å². The molecular weight excluding hydrogens is 367 g/mol. The minimum Gasteiger partial charge on any atom is -0.496 e. The molecular formula is C18H18F3NO3S. The van der Waals surface area contributed by atoms with Crippen molar-refractivity contribution in [1.29, 1.82) is 0 Å². The lowest BCUT2D eigenvalue weighted by atomic mass is 9.91. The molecule has 0 unspecified atom stereocenters. The molecule has 0 heterocycles. The predicted molar refractivity (Wildman–Crippen MR) is 91.9 cm³/mol. The summed E-state index contributed by atoms with van der Waals surface area (Å²) in [4.78, 5) is 0.146. The molecule has 2 aromatic carbocycles. The minimum absolute atomic E-state index is 0.0818. The second-order valence-electron chi connectivity index (χ2n) is 6.11. The van der Waals surface area contributed by atoms with E-state index in [2.05, 4.69) is 4.72 Å². The Morgan fingerprint density at radius 2 is 1.58 bits per heavy atom. The molecule has 3 rings (SSSR count). The SMILES string of the molecule is COc1ccc(S(=O)(=O)Nc2ccc(C(F)(F)F)cc2)c2c1CCCC2. The number of hydrogen-bond acceptors (Lipinski definition) is 3. The Labute approximate surface area is 150 Å². The lowest BCUT2D eigenvalue weighted by molar-refractivity contribution is -0.137. The van der Waals surface area contributed by atoms with E-state index >= 15 is 0 Å². The molecule has 0 aromatic heterocycles. The fourth-order valence-electron chi connectivity index (χ4n) is 3.18. The Hall–Kier alpha value is -2.22. The molecule has 1 aliphatic rings. The van der Waals surface area contributed by atoms with Crippen molar-refractivity contribution in [2.45, 2.75) is 36.8 Å². The number of anilines is 1. The maximum Gasteiger partial charge on any atom is 0.416 e. The van der Waals surface area contributed by atoms with Gasteiger partial charge in [-0.2, -0.15) is 13.2 Å². The monoisotopic (exact) mass is 385 g/mol. The highest BCUT2D eigenvalue weighted by molar-refractivity contribution is 7.92. The van der Waals surface area contributed by atoms with E-state index in [1.807, 2.05) is 0 Å². The summed E-state index contributed by atoms with van der Waals surface area (Å²) in [6, 6.07) is 7.01. The number of sulfonamides is 1. The first-order valence-corrected chi connectivity index (χ1v) is 9.59. The van der Waals surface area contributed by atoms with Crippen molar-refractivity contribution < 1.29 is 26.3 Å². The second-order valence-corrected chi connectivity index (χ2v) is 7.76. The van der Waals surface area contributed by atoms with Crippen LogP contribution in [-0.4, -0.2) is 15.5 Å². The summed E-state index contributed by atoms with van der Waals surface area (Å²) in [5.74, 6) is 0.660. The van der Waals surface area contributed by atoms with Crippen LogP contribution in [0.25, 0.3) is 0 Å². The third-order valence-electron chi connectivity index (χ3n) is 4.42. The number of hydrogen-bond donors (Lipinski definition) is 1. The van der Waals surface area contributed by atoms with E-state index in [0.717, 1.165) is 54.7 Å². The molecule has 0 amide bonds. The van der Waals surface area contributed by atoms with Crippen LogP contribution in [-0.2, 0) is 29.0 Å². The van der Waals surface area contributed by atoms with E-state index in [0.29, 0.717) is 12.2 Å². The molecule has 0 saturated carbocycles. The standard InChI is InChI=1S/C18H18F3NO3S/c1-25-16-10-11-17(15-5-3-2-4-14(15)16)26(23,24)22-13-8-6-12(7-9-13)18(19,20)21/h6-11,22H,2-5H2,1H3. The molecule has 4 nitrogen and oxygen atoms in total. The fourth-order valence-corrected chi connectivity index (χ4v) is 4.54. The van der Waals surface area contributed by atoms with Gasteiger partial charge in [-0.1, -0.05) is 0 Å². The van der Waals surface area contributed by atoms with Gasteiger partial charge in [-0.25, -0.2) is 8.42 Å². The van der Waals surface area contributed by atoms with Gasteiger partial charge in [0.15, 0.2) is 0 Å². The molecule has 0 fully saturated rings. The third-order valence-corrected chi connectivity index (χ3v) is 5.89. The Bertz CT molecular complexity index is 907. The molecule has 1 N–H and O–H groups in total. The Balaban J connectivity index is 1.94. The quantitative estimate of drug-likeness (QED) is 0.849. The van der Waals surface area contributed by atoms with Gasteiger partial charge in [-0.3, -0.25) is 4.72 Å². The summed E-state index contributed by atoms with van der Waals surface area (Å²) in [5.41, 5.74) is 0.852. The number of benzene rings is 2. The van der Waals surface area contributed by atoms with Gasteiger partial charge in [0, 0.05) is 5.69 Å². The highest BCUT2D eigenvalue weighted by atomic mass is 32.2. The van der Waals surface area contributed by atoms with Crippen molar-refractivity contribution in [3.8, 4) is 5.75 Å². The lowest BCUT2D eigenvalue weighted by Gasteiger charge is -2.22. The largest absolute Gasteiger partial charge is 0.496 e. The normalized spacial score (nSPS) is 14.6. The van der Waals surface area contributed by atoms with E-state index in [4.69, 9.17) is 4.74 Å². The van der Waals surface area contributed by atoms with Crippen molar-refractivity contribution in [2.24, 2.45) is 0 Å². The average Bonchev–Trinajstić information content (AvgIpc) is 2.60. The Morgan fingerprint density at radius 3 is 2.15 bits per heavy atom. The summed E-state index contributed by atoms with van der Waals surface area (Å²) in [6.07, 6.45) is -1.27. The molecule has 8 heteroatoms. The molecule has 140 valence electrons. The van der Waals surface area contributed by atoms with Gasteiger partial charge in [-0.15, -0.1) is 0 Å². The summed E-state index contributed by atoms with van der Waals surface area (Å²) < 4.78 is 71.1. The van der Waals surface area contributed by atoms with Gasteiger partial charge in [0.1, 0.15) is 5.75 Å². The van der Waals surface area contributed by atoms with Crippen LogP contribution < -0.4 is 9.46 Å². The predicted octanol–water partition coefficient (Wildman–Crippen LogP) is 4.39. The van der Waals surface area contributed by atoms with E-state index in [1.165, 1.54) is 6.07 Å². The van der Waals surface area contributed by atoms with Gasteiger partial charge < -0.3 is 4.74 Å². The zero-order valence-electron chi connectivity index (χ0n) is 14.1. The van der Waals surface area contributed by atoms with Crippen LogP contribution in [0.15, 0.2) is 41.3 Å². The maximum atomic E-state index is 12.8. The van der Waals surface area contributed by atoms with Crippen LogP contribution in [0.5, 0.6) is 5.75 Å². The van der Waals surface area contributed by atoms with E-state index < -0.39 is 21.8 Å². The first-order valence-electron chi connectivity index (χ1n) is 8.11. The number of ether oxygens (including phenoxy) is 1. The minimum atomic E-state index is -4.47. The lowest BCUT2D eigenvalue weighted by Crippen LogP contribution is -2.18. The first kappa shape index (κ1) is 18.6. The van der Waals surface area contributed by atoms with E-state index in [9.17, 15) is 21.6 Å². The van der Waals surface area contributed by atoms with E-state index in [-0.39, 0.29) is 10.6 Å². The molecule has 0 spiro atoms. The third kappa shape index (κ3) is 3.65. The van der Waals surface area contributed by atoms with Crippen molar-refractivity contribution in [1.82, 2.24) is 0 Å². The summed E-state index contributed by atoms with van der Waals surface area (Å²) in [7, 11) is -2.37. The fraction of sp³-hybridized carbons (Fsp3) is 0.333. The zero-order chi connectivity index (χ0) is 18.9. The molecule has 0 saturated heterocycles. The average molecular weight is 385 g/mol. The van der Waals surface area contributed by atoms with Gasteiger partial charge in [0.05, 0.1) is 17.6 Å². The smallest absolute Gasteiger partial charge is 0.416 e. The van der Waals surface area contributed by atoms with Crippen molar-refractivity contribution >= 4 is 15.7 Å². The molecule has 0 atom stereocenters. The summed E-state index contributed by atoms with van der Waals surface area (Å²) >= 11 is 0. The van der Waals surface area contributed by atoms with Crippen LogP contribution in [0.4, 0.5) is 18.9 Å². The Morgan fingerprint density at radius 1 is 0.962 bits per heavy atom. The van der Waals surface area contributed by atoms with Crippen LogP contribution in [0, 0.1) is 0 Å². The molecule has 1 aliphatic carbocycles. The van der Waals surface area contributed by atoms with Crippen molar-refractivity contribution in [3.05, 3.63) is 53.1 Å². The number of alkyl halides is 3. The number of methoxy groups -OCH3 is 1. The van der Waals surface area contributed by atoms with Crippen molar-refractivity contribution in [2.75, 3.05) is 11.8 Å². The maximum absolute atomic E-state index is 12.8. The van der Waals surface area contributed by atoms with Crippen molar-refractivity contribution in [3.63, 3.8) is 0 Å². The first-order chi connectivity index (χ1) is 12.2. The topological polar surface area (TPSA) is 55.4 Å². The second kappa shape index (κ2) is 6.83. The van der Waals surface area contributed by atoms with Crippen LogP contribution in [0.1, 0.15) is 29.5 Å². The molecule has 26 heavy (non-hydrogen) atoms.